The number of methoxy groups -OCH3 is 1. The largest absolute Gasteiger partial charge is 0.496 e. The van der Waals surface area contributed by atoms with Gasteiger partial charge in [-0.2, -0.15) is 0 Å². The van der Waals surface area contributed by atoms with Gasteiger partial charge in [-0.1, -0.05) is 0 Å². The van der Waals surface area contributed by atoms with Crippen LogP contribution < -0.4 is 15.8 Å². The van der Waals surface area contributed by atoms with E-state index in [1.54, 1.807) is 13.2 Å². The number of halogens is 1. The normalized spacial score (nSPS) is 10.2. The Labute approximate surface area is 105 Å². The zero-order chi connectivity index (χ0) is 13.1. The zero-order valence-electron chi connectivity index (χ0n) is 10.3. The van der Waals surface area contributed by atoms with Gasteiger partial charge in [-0.05, 0) is 48.9 Å². The van der Waals surface area contributed by atoms with E-state index < -0.39 is 0 Å². The molecule has 18 heavy (non-hydrogen) atoms. The topological polar surface area (TPSA) is 47.3 Å². The van der Waals surface area contributed by atoms with Crippen LogP contribution in [-0.2, 0) is 0 Å². The van der Waals surface area contributed by atoms with Crippen LogP contribution in [0.1, 0.15) is 5.56 Å². The summed E-state index contributed by atoms with van der Waals surface area (Å²) >= 11 is 0. The number of hydrogen-bond donors (Lipinski definition) is 2. The molecule has 0 aromatic heterocycles. The third-order valence-corrected chi connectivity index (χ3v) is 2.69. The zero-order valence-corrected chi connectivity index (χ0v) is 10.3. The van der Waals surface area contributed by atoms with Crippen molar-refractivity contribution in [1.29, 1.82) is 0 Å². The number of hydrogen-bond acceptors (Lipinski definition) is 3. The number of nitrogen functional groups attached to an aromatic ring is 1. The molecule has 0 unspecified atom stereocenters. The molecule has 3 nitrogen and oxygen atoms in total. The van der Waals surface area contributed by atoms with Crippen molar-refractivity contribution in [2.45, 2.75) is 6.92 Å². The van der Waals surface area contributed by atoms with Crippen molar-refractivity contribution in [3.05, 3.63) is 47.8 Å². The van der Waals surface area contributed by atoms with Crippen LogP contribution in [0.5, 0.6) is 5.75 Å². The molecule has 0 aliphatic carbocycles. The van der Waals surface area contributed by atoms with Crippen LogP contribution in [0.15, 0.2) is 36.4 Å². The average Bonchev–Trinajstić information content (AvgIpc) is 2.33. The fourth-order valence-electron chi connectivity index (χ4n) is 1.76. The number of nitrogens with two attached hydrogens (primary N) is 1. The minimum atomic E-state index is -0.344. The molecule has 0 aliphatic rings. The van der Waals surface area contributed by atoms with Crippen molar-refractivity contribution in [2.24, 2.45) is 0 Å². The SMILES string of the molecule is COc1ccc(Nc2ccc(F)cc2N)cc1C. The van der Waals surface area contributed by atoms with Crippen molar-refractivity contribution in [3.8, 4) is 5.75 Å². The van der Waals surface area contributed by atoms with Crippen LogP contribution in [-0.4, -0.2) is 7.11 Å². The van der Waals surface area contributed by atoms with Gasteiger partial charge in [0.25, 0.3) is 0 Å². The average molecular weight is 246 g/mol. The first-order valence-electron chi connectivity index (χ1n) is 5.57. The van der Waals surface area contributed by atoms with Crippen molar-refractivity contribution >= 4 is 17.1 Å². The molecule has 0 fully saturated rings. The summed E-state index contributed by atoms with van der Waals surface area (Å²) in [6.07, 6.45) is 0. The molecule has 2 rings (SSSR count). The van der Waals surface area contributed by atoms with Gasteiger partial charge in [0.05, 0.1) is 18.5 Å². The van der Waals surface area contributed by atoms with Gasteiger partial charge >= 0.3 is 0 Å². The molecule has 94 valence electrons. The molecule has 0 saturated heterocycles. The second-order valence-corrected chi connectivity index (χ2v) is 4.04. The predicted octanol–water partition coefficient (Wildman–Crippen LogP) is 3.47. The molecule has 0 radical (unpaired) electrons. The van der Waals surface area contributed by atoms with Crippen LogP contribution in [0.4, 0.5) is 21.5 Å². The Morgan fingerprint density at radius 2 is 1.94 bits per heavy atom. The number of rotatable bonds is 3. The number of benzene rings is 2. The number of nitrogens with one attached hydrogen (secondary N) is 1. The Morgan fingerprint density at radius 3 is 2.56 bits per heavy atom. The van der Waals surface area contributed by atoms with Gasteiger partial charge in [-0.15, -0.1) is 0 Å². The first-order chi connectivity index (χ1) is 8.60. The fraction of sp³-hybridized carbons (Fsp3) is 0.143. The Bertz CT molecular complexity index is 570. The van der Waals surface area contributed by atoms with Gasteiger partial charge in [-0.3, -0.25) is 0 Å². The first-order valence-corrected chi connectivity index (χ1v) is 5.57. The van der Waals surface area contributed by atoms with Crippen molar-refractivity contribution in [2.75, 3.05) is 18.2 Å². The van der Waals surface area contributed by atoms with Gasteiger partial charge in [0.2, 0.25) is 0 Å². The summed E-state index contributed by atoms with van der Waals surface area (Å²) < 4.78 is 18.1. The van der Waals surface area contributed by atoms with Crippen LogP contribution >= 0.6 is 0 Å². The Balaban J connectivity index is 2.26. The van der Waals surface area contributed by atoms with Crippen LogP contribution in [0, 0.1) is 12.7 Å². The lowest BCUT2D eigenvalue weighted by molar-refractivity contribution is 0.412. The van der Waals surface area contributed by atoms with E-state index in [1.165, 1.54) is 12.1 Å². The second kappa shape index (κ2) is 4.96. The summed E-state index contributed by atoms with van der Waals surface area (Å²) in [4.78, 5) is 0. The Morgan fingerprint density at radius 1 is 1.17 bits per heavy atom. The third kappa shape index (κ3) is 2.53. The predicted molar refractivity (Wildman–Crippen MR) is 71.8 cm³/mol. The molecule has 0 heterocycles. The van der Waals surface area contributed by atoms with Crippen LogP contribution in [0.2, 0.25) is 0 Å². The van der Waals surface area contributed by atoms with Crippen molar-refractivity contribution < 1.29 is 9.13 Å². The maximum Gasteiger partial charge on any atom is 0.125 e. The van der Waals surface area contributed by atoms with Crippen LogP contribution in [0.25, 0.3) is 0 Å². The number of aryl methyl sites for hydroxylation is 1. The van der Waals surface area contributed by atoms with E-state index in [0.717, 1.165) is 17.0 Å². The Kier molecular flexibility index (Phi) is 3.37. The lowest BCUT2D eigenvalue weighted by Crippen LogP contribution is -1.97. The molecule has 2 aromatic carbocycles. The standard InChI is InChI=1S/C14H15FN2O/c1-9-7-11(4-6-14(9)18-2)17-13-5-3-10(15)8-12(13)16/h3-8,17H,16H2,1-2H3. The van der Waals surface area contributed by atoms with Gasteiger partial charge in [0, 0.05) is 5.69 Å². The molecule has 2 aromatic rings. The van der Waals surface area contributed by atoms with Crippen molar-refractivity contribution in [3.63, 3.8) is 0 Å². The van der Waals surface area contributed by atoms with E-state index >= 15 is 0 Å². The highest BCUT2D eigenvalue weighted by molar-refractivity contribution is 5.73. The molecule has 3 N–H and O–H groups in total. The van der Waals surface area contributed by atoms with E-state index in [-0.39, 0.29) is 5.82 Å². The van der Waals surface area contributed by atoms with Gasteiger partial charge in [0.1, 0.15) is 11.6 Å². The molecule has 0 bridgehead atoms. The summed E-state index contributed by atoms with van der Waals surface area (Å²) in [6.45, 7) is 1.96. The van der Waals surface area contributed by atoms with Crippen molar-refractivity contribution in [1.82, 2.24) is 0 Å². The van der Waals surface area contributed by atoms with E-state index in [9.17, 15) is 4.39 Å². The lowest BCUT2D eigenvalue weighted by Gasteiger charge is -2.11. The first kappa shape index (κ1) is 12.2. The monoisotopic (exact) mass is 246 g/mol. The maximum absolute atomic E-state index is 12.9. The van der Waals surface area contributed by atoms with E-state index in [0.29, 0.717) is 11.4 Å². The van der Waals surface area contributed by atoms with E-state index in [2.05, 4.69) is 5.32 Å². The molecular formula is C14H15FN2O. The van der Waals surface area contributed by atoms with Gasteiger partial charge < -0.3 is 15.8 Å². The summed E-state index contributed by atoms with van der Waals surface area (Å²) in [5.41, 5.74) is 8.69. The van der Waals surface area contributed by atoms with Gasteiger partial charge in [0.15, 0.2) is 0 Å². The second-order valence-electron chi connectivity index (χ2n) is 4.04. The lowest BCUT2D eigenvalue weighted by atomic mass is 10.2. The molecule has 0 atom stereocenters. The van der Waals surface area contributed by atoms with E-state index in [4.69, 9.17) is 10.5 Å². The highest BCUT2D eigenvalue weighted by Crippen LogP contribution is 2.27. The number of ether oxygens (including phenoxy) is 1. The third-order valence-electron chi connectivity index (χ3n) is 2.69. The highest BCUT2D eigenvalue weighted by atomic mass is 19.1. The van der Waals surface area contributed by atoms with Gasteiger partial charge in [-0.25, -0.2) is 4.39 Å². The summed E-state index contributed by atoms with van der Waals surface area (Å²) in [7, 11) is 1.63. The summed E-state index contributed by atoms with van der Waals surface area (Å²) in [6, 6.07) is 9.98. The maximum atomic E-state index is 12.9. The molecule has 0 spiro atoms. The molecule has 0 aliphatic heterocycles. The minimum absolute atomic E-state index is 0.344. The summed E-state index contributed by atoms with van der Waals surface area (Å²) in [5, 5.41) is 3.14. The van der Waals surface area contributed by atoms with Crippen LogP contribution in [0.3, 0.4) is 0 Å². The summed E-state index contributed by atoms with van der Waals surface area (Å²) in [5.74, 6) is 0.483. The quantitative estimate of drug-likeness (QED) is 0.815. The molecule has 4 heteroatoms. The minimum Gasteiger partial charge on any atom is -0.496 e. The smallest absolute Gasteiger partial charge is 0.125 e. The Hall–Kier alpha value is -2.23. The molecular weight excluding hydrogens is 231 g/mol. The highest BCUT2D eigenvalue weighted by Gasteiger charge is 2.03. The molecule has 0 saturated carbocycles. The fourth-order valence-corrected chi connectivity index (χ4v) is 1.76. The molecule has 0 amide bonds. The number of anilines is 3. The van der Waals surface area contributed by atoms with E-state index in [1.807, 2.05) is 25.1 Å².